The molecule has 0 saturated heterocycles. The summed E-state index contributed by atoms with van der Waals surface area (Å²) in [4.78, 5) is 11.1. The Morgan fingerprint density at radius 2 is 2.10 bits per heavy atom. The first kappa shape index (κ1) is 18.4. The molecular weight excluding hydrogens is 270 g/mol. The number of carbonyl (C=O) groups is 1. The highest BCUT2D eigenvalue weighted by Crippen LogP contribution is 2.29. The zero-order valence-corrected chi connectivity index (χ0v) is 13.5. The predicted octanol–water partition coefficient (Wildman–Crippen LogP) is 1.88. The molecule has 5 nitrogen and oxygen atoms in total. The summed E-state index contributed by atoms with van der Waals surface area (Å²) in [6.07, 6.45) is 6.16. The SMILES string of the molecule is CCOC(=O)CCNCC(O)COC1CCCCC1CC. The van der Waals surface area contributed by atoms with Gasteiger partial charge in [-0.15, -0.1) is 0 Å². The summed E-state index contributed by atoms with van der Waals surface area (Å²) in [7, 11) is 0. The largest absolute Gasteiger partial charge is 0.466 e. The van der Waals surface area contributed by atoms with Crippen LogP contribution in [0.4, 0.5) is 0 Å². The first-order valence-corrected chi connectivity index (χ1v) is 8.33. The maximum Gasteiger partial charge on any atom is 0.307 e. The van der Waals surface area contributed by atoms with E-state index in [0.717, 1.165) is 12.8 Å². The first-order chi connectivity index (χ1) is 10.2. The summed E-state index contributed by atoms with van der Waals surface area (Å²) in [6, 6.07) is 0. The lowest BCUT2D eigenvalue weighted by atomic mass is 9.85. The molecule has 0 bridgehead atoms. The van der Waals surface area contributed by atoms with Crippen LogP contribution in [0.3, 0.4) is 0 Å². The molecule has 1 rings (SSSR count). The average Bonchev–Trinajstić information content (AvgIpc) is 2.50. The van der Waals surface area contributed by atoms with Gasteiger partial charge in [0.25, 0.3) is 0 Å². The van der Waals surface area contributed by atoms with Gasteiger partial charge in [0.05, 0.1) is 31.8 Å². The fraction of sp³-hybridized carbons (Fsp3) is 0.938. The van der Waals surface area contributed by atoms with Crippen LogP contribution in [0.5, 0.6) is 0 Å². The maximum absolute atomic E-state index is 11.1. The minimum Gasteiger partial charge on any atom is -0.466 e. The second-order valence-electron chi connectivity index (χ2n) is 5.74. The monoisotopic (exact) mass is 301 g/mol. The van der Waals surface area contributed by atoms with Crippen molar-refractivity contribution in [3.8, 4) is 0 Å². The van der Waals surface area contributed by atoms with E-state index in [2.05, 4.69) is 12.2 Å². The highest BCUT2D eigenvalue weighted by molar-refractivity contribution is 5.69. The van der Waals surface area contributed by atoms with E-state index in [1.54, 1.807) is 6.92 Å². The van der Waals surface area contributed by atoms with Crippen molar-refractivity contribution in [2.45, 2.75) is 64.6 Å². The fourth-order valence-corrected chi connectivity index (χ4v) is 2.85. The Hall–Kier alpha value is -0.650. The summed E-state index contributed by atoms with van der Waals surface area (Å²) in [6.45, 7) is 5.75. The van der Waals surface area contributed by atoms with Gasteiger partial charge >= 0.3 is 5.97 Å². The molecule has 0 spiro atoms. The van der Waals surface area contributed by atoms with E-state index in [-0.39, 0.29) is 5.97 Å². The standard InChI is InChI=1S/C16H31NO4/c1-3-13-7-5-6-8-15(13)21-12-14(18)11-17-10-9-16(19)20-4-2/h13-15,17-18H,3-12H2,1-2H3. The number of aliphatic hydroxyl groups is 1. The number of esters is 1. The van der Waals surface area contributed by atoms with Crippen LogP contribution in [0.1, 0.15) is 52.4 Å². The summed E-state index contributed by atoms with van der Waals surface area (Å²) >= 11 is 0. The molecule has 1 aliphatic carbocycles. The van der Waals surface area contributed by atoms with Crippen LogP contribution in [0.15, 0.2) is 0 Å². The van der Waals surface area contributed by atoms with Crippen molar-refractivity contribution in [2.75, 3.05) is 26.3 Å². The lowest BCUT2D eigenvalue weighted by Crippen LogP contribution is -2.35. The Bertz CT molecular complexity index is 285. The molecule has 0 aromatic heterocycles. The third kappa shape index (κ3) is 7.79. The van der Waals surface area contributed by atoms with E-state index in [1.807, 2.05) is 0 Å². The zero-order valence-electron chi connectivity index (χ0n) is 13.5. The van der Waals surface area contributed by atoms with Gasteiger partial charge in [0, 0.05) is 13.1 Å². The Kier molecular flexibility index (Phi) is 9.63. The van der Waals surface area contributed by atoms with E-state index in [0.29, 0.717) is 44.7 Å². The van der Waals surface area contributed by atoms with E-state index in [9.17, 15) is 9.90 Å². The number of hydrogen-bond acceptors (Lipinski definition) is 5. The van der Waals surface area contributed by atoms with Crippen molar-refractivity contribution < 1.29 is 19.4 Å². The van der Waals surface area contributed by atoms with Gasteiger partial charge in [0.15, 0.2) is 0 Å². The molecule has 3 atom stereocenters. The number of ether oxygens (including phenoxy) is 2. The van der Waals surface area contributed by atoms with Crippen LogP contribution < -0.4 is 5.32 Å². The summed E-state index contributed by atoms with van der Waals surface area (Å²) in [5, 5.41) is 13.0. The van der Waals surface area contributed by atoms with Gasteiger partial charge in [-0.1, -0.05) is 26.2 Å². The number of hydrogen-bond donors (Lipinski definition) is 2. The second-order valence-corrected chi connectivity index (χ2v) is 5.74. The molecule has 0 aliphatic heterocycles. The zero-order chi connectivity index (χ0) is 15.5. The molecule has 1 saturated carbocycles. The van der Waals surface area contributed by atoms with E-state index >= 15 is 0 Å². The molecule has 2 N–H and O–H groups in total. The first-order valence-electron chi connectivity index (χ1n) is 8.33. The van der Waals surface area contributed by atoms with Crippen LogP contribution in [0.2, 0.25) is 0 Å². The minimum absolute atomic E-state index is 0.205. The van der Waals surface area contributed by atoms with Crippen molar-refractivity contribution in [2.24, 2.45) is 5.92 Å². The third-order valence-corrected chi connectivity index (χ3v) is 4.06. The van der Waals surface area contributed by atoms with E-state index < -0.39 is 6.10 Å². The molecule has 0 radical (unpaired) electrons. The number of aliphatic hydroxyl groups excluding tert-OH is 1. The van der Waals surface area contributed by atoms with Crippen LogP contribution >= 0.6 is 0 Å². The summed E-state index contributed by atoms with van der Waals surface area (Å²) < 4.78 is 10.7. The molecule has 3 unspecified atom stereocenters. The Morgan fingerprint density at radius 1 is 1.33 bits per heavy atom. The molecule has 0 aromatic carbocycles. The molecule has 1 fully saturated rings. The maximum atomic E-state index is 11.1. The molecule has 0 heterocycles. The number of carbonyl (C=O) groups excluding carboxylic acids is 1. The van der Waals surface area contributed by atoms with Crippen LogP contribution in [-0.2, 0) is 14.3 Å². The lowest BCUT2D eigenvalue weighted by Gasteiger charge is -2.31. The van der Waals surface area contributed by atoms with Crippen LogP contribution in [0.25, 0.3) is 0 Å². The lowest BCUT2D eigenvalue weighted by molar-refractivity contribution is -0.143. The van der Waals surface area contributed by atoms with Gasteiger partial charge in [0.1, 0.15) is 0 Å². The van der Waals surface area contributed by atoms with Crippen molar-refractivity contribution in [1.82, 2.24) is 5.32 Å². The molecule has 0 amide bonds. The van der Waals surface area contributed by atoms with Crippen molar-refractivity contribution in [3.05, 3.63) is 0 Å². The highest BCUT2D eigenvalue weighted by atomic mass is 16.5. The van der Waals surface area contributed by atoms with Crippen LogP contribution in [0, 0.1) is 5.92 Å². The highest BCUT2D eigenvalue weighted by Gasteiger charge is 2.24. The van der Waals surface area contributed by atoms with Crippen molar-refractivity contribution >= 4 is 5.97 Å². The van der Waals surface area contributed by atoms with Gasteiger partial charge in [-0.05, 0) is 25.7 Å². The summed E-state index contributed by atoms with van der Waals surface area (Å²) in [5.74, 6) is 0.437. The van der Waals surface area contributed by atoms with Gasteiger partial charge in [-0.3, -0.25) is 4.79 Å². The van der Waals surface area contributed by atoms with Gasteiger partial charge < -0.3 is 19.9 Å². The topological polar surface area (TPSA) is 67.8 Å². The molecule has 5 heteroatoms. The minimum atomic E-state index is -0.522. The van der Waals surface area contributed by atoms with E-state index in [1.165, 1.54) is 19.3 Å². The predicted molar refractivity (Wildman–Crippen MR) is 82.1 cm³/mol. The molecule has 21 heavy (non-hydrogen) atoms. The van der Waals surface area contributed by atoms with Crippen LogP contribution in [-0.4, -0.2) is 49.6 Å². The number of nitrogens with one attached hydrogen (secondary N) is 1. The van der Waals surface area contributed by atoms with Crippen molar-refractivity contribution in [3.63, 3.8) is 0 Å². The molecule has 124 valence electrons. The smallest absolute Gasteiger partial charge is 0.307 e. The number of rotatable bonds is 10. The third-order valence-electron chi connectivity index (χ3n) is 4.06. The van der Waals surface area contributed by atoms with Crippen molar-refractivity contribution in [1.29, 1.82) is 0 Å². The Morgan fingerprint density at radius 3 is 2.81 bits per heavy atom. The Balaban J connectivity index is 2.07. The van der Waals surface area contributed by atoms with Gasteiger partial charge in [-0.25, -0.2) is 0 Å². The fourth-order valence-electron chi connectivity index (χ4n) is 2.85. The van der Waals surface area contributed by atoms with E-state index in [4.69, 9.17) is 9.47 Å². The average molecular weight is 301 g/mol. The summed E-state index contributed by atoms with van der Waals surface area (Å²) in [5.41, 5.74) is 0. The molecule has 1 aliphatic rings. The second kappa shape index (κ2) is 11.0. The van der Waals surface area contributed by atoms with Gasteiger partial charge in [-0.2, -0.15) is 0 Å². The molecular formula is C16H31NO4. The normalized spacial score (nSPS) is 23.8. The van der Waals surface area contributed by atoms with Gasteiger partial charge in [0.2, 0.25) is 0 Å². The quantitative estimate of drug-likeness (QED) is 0.476. The molecule has 0 aromatic rings. The Labute approximate surface area is 128 Å².